The van der Waals surface area contributed by atoms with Gasteiger partial charge in [0.05, 0.1) is 11.7 Å². The van der Waals surface area contributed by atoms with Crippen molar-refractivity contribution in [2.45, 2.75) is 51.5 Å². The molecule has 6 nitrogen and oxygen atoms in total. The molecule has 3 aliphatic rings. The molecule has 3 fully saturated rings. The zero-order chi connectivity index (χ0) is 19.8. The van der Waals surface area contributed by atoms with E-state index in [0.29, 0.717) is 11.6 Å². The van der Waals surface area contributed by atoms with Crippen molar-refractivity contribution in [2.24, 2.45) is 5.92 Å². The molecule has 0 radical (unpaired) electrons. The lowest BCUT2D eigenvalue weighted by Crippen LogP contribution is -2.49. The van der Waals surface area contributed by atoms with Crippen LogP contribution in [0.5, 0.6) is 0 Å². The number of H-pyrrole nitrogens is 1. The van der Waals surface area contributed by atoms with Gasteiger partial charge in [-0.1, -0.05) is 19.8 Å². The number of nitrogens with one attached hydrogen (secondary N) is 1. The molecule has 156 valence electrons. The van der Waals surface area contributed by atoms with E-state index in [1.807, 2.05) is 17.2 Å². The first-order chi connectivity index (χ1) is 14.2. The van der Waals surface area contributed by atoms with E-state index in [-0.39, 0.29) is 5.91 Å². The first kappa shape index (κ1) is 18.9. The number of amides is 1. The molecule has 4 heterocycles. The SMILES string of the molecule is CC1CCCN(C(=O)c2cc3cc(N4CCN(C5CCCC5)CC4)ncc3[nH]2)C1. The number of hydrogen-bond donors (Lipinski definition) is 1. The highest BCUT2D eigenvalue weighted by molar-refractivity contribution is 5.98. The Labute approximate surface area is 173 Å². The Balaban J connectivity index is 1.28. The normalized spacial score (nSPS) is 24.5. The summed E-state index contributed by atoms with van der Waals surface area (Å²) in [6.07, 6.45) is 9.76. The molecule has 2 saturated heterocycles. The van der Waals surface area contributed by atoms with Gasteiger partial charge < -0.3 is 14.8 Å². The molecule has 2 aliphatic heterocycles. The molecule has 6 heteroatoms. The molecular weight excluding hydrogens is 362 g/mol. The highest BCUT2D eigenvalue weighted by Crippen LogP contribution is 2.27. The van der Waals surface area contributed by atoms with Crippen molar-refractivity contribution in [2.75, 3.05) is 44.2 Å². The van der Waals surface area contributed by atoms with Gasteiger partial charge in [-0.15, -0.1) is 0 Å². The van der Waals surface area contributed by atoms with Gasteiger partial charge in [0.15, 0.2) is 0 Å². The summed E-state index contributed by atoms with van der Waals surface area (Å²) in [5, 5.41) is 1.08. The average molecular weight is 396 g/mol. The van der Waals surface area contributed by atoms with Crippen molar-refractivity contribution >= 4 is 22.6 Å². The number of piperidine rings is 1. The van der Waals surface area contributed by atoms with E-state index in [0.717, 1.165) is 68.5 Å². The van der Waals surface area contributed by atoms with E-state index in [1.54, 1.807) is 0 Å². The van der Waals surface area contributed by atoms with E-state index in [9.17, 15) is 4.79 Å². The van der Waals surface area contributed by atoms with E-state index in [1.165, 1.54) is 32.1 Å². The summed E-state index contributed by atoms with van der Waals surface area (Å²) < 4.78 is 0. The van der Waals surface area contributed by atoms with Gasteiger partial charge in [-0.3, -0.25) is 9.69 Å². The molecule has 0 bridgehead atoms. The number of nitrogens with zero attached hydrogens (tertiary/aromatic N) is 4. The predicted octanol–water partition coefficient (Wildman–Crippen LogP) is 3.50. The summed E-state index contributed by atoms with van der Waals surface area (Å²) in [7, 11) is 0. The third-order valence-electron chi connectivity index (χ3n) is 7.14. The number of fused-ring (bicyclic) bond motifs is 1. The van der Waals surface area contributed by atoms with Crippen molar-refractivity contribution in [1.82, 2.24) is 19.8 Å². The van der Waals surface area contributed by atoms with Gasteiger partial charge in [-0.05, 0) is 43.7 Å². The summed E-state index contributed by atoms with van der Waals surface area (Å²) in [5.74, 6) is 1.75. The van der Waals surface area contributed by atoms with Gasteiger partial charge >= 0.3 is 0 Å². The summed E-state index contributed by atoms with van der Waals surface area (Å²) >= 11 is 0. The Bertz CT molecular complexity index is 863. The molecule has 1 atom stereocenters. The summed E-state index contributed by atoms with van der Waals surface area (Å²) in [6.45, 7) is 8.31. The number of pyridine rings is 1. The minimum absolute atomic E-state index is 0.125. The predicted molar refractivity (Wildman–Crippen MR) is 116 cm³/mol. The van der Waals surface area contributed by atoms with Crippen LogP contribution in [0.1, 0.15) is 55.9 Å². The molecule has 1 aliphatic carbocycles. The Morgan fingerprint density at radius 1 is 1.03 bits per heavy atom. The number of carbonyl (C=O) groups excluding carboxylic acids is 1. The summed E-state index contributed by atoms with van der Waals surface area (Å²) in [6, 6.07) is 4.96. The van der Waals surface area contributed by atoms with Gasteiger partial charge in [0.25, 0.3) is 5.91 Å². The first-order valence-corrected chi connectivity index (χ1v) is 11.4. The zero-order valence-electron chi connectivity index (χ0n) is 17.6. The Kier molecular flexibility index (Phi) is 5.20. The smallest absolute Gasteiger partial charge is 0.270 e. The third-order valence-corrected chi connectivity index (χ3v) is 7.14. The van der Waals surface area contributed by atoms with E-state index < -0.39 is 0 Å². The molecule has 29 heavy (non-hydrogen) atoms. The Hall–Kier alpha value is -2.08. The van der Waals surface area contributed by atoms with E-state index in [4.69, 9.17) is 4.98 Å². The third kappa shape index (κ3) is 3.87. The Morgan fingerprint density at radius 2 is 1.83 bits per heavy atom. The van der Waals surface area contributed by atoms with E-state index >= 15 is 0 Å². The topological polar surface area (TPSA) is 55.5 Å². The fourth-order valence-electron chi connectivity index (χ4n) is 5.44. The standard InChI is InChI=1S/C23H33N5O/c1-17-5-4-8-28(16-17)23(29)20-13-18-14-22(24-15-21(18)25-20)27-11-9-26(10-12-27)19-6-2-3-7-19/h13-15,17,19,25H,2-12,16H2,1H3. The van der Waals surface area contributed by atoms with Gasteiger partial charge in [0, 0.05) is 50.7 Å². The molecule has 0 spiro atoms. The maximum Gasteiger partial charge on any atom is 0.270 e. The second kappa shape index (κ2) is 7.98. The number of rotatable bonds is 3. The van der Waals surface area contributed by atoms with Crippen LogP contribution in [0.2, 0.25) is 0 Å². The maximum absolute atomic E-state index is 12.9. The molecule has 1 amide bonds. The van der Waals surface area contributed by atoms with Crippen LogP contribution >= 0.6 is 0 Å². The number of aromatic nitrogens is 2. The van der Waals surface area contributed by atoms with Crippen LogP contribution in [0.15, 0.2) is 18.3 Å². The minimum atomic E-state index is 0.125. The first-order valence-electron chi connectivity index (χ1n) is 11.4. The van der Waals surface area contributed by atoms with Crippen LogP contribution in [-0.2, 0) is 0 Å². The quantitative estimate of drug-likeness (QED) is 0.864. The van der Waals surface area contributed by atoms with Crippen molar-refractivity contribution in [3.05, 3.63) is 24.0 Å². The van der Waals surface area contributed by atoms with Crippen molar-refractivity contribution in [3.63, 3.8) is 0 Å². The highest BCUT2D eigenvalue weighted by atomic mass is 16.2. The fourth-order valence-corrected chi connectivity index (χ4v) is 5.44. The maximum atomic E-state index is 12.9. The summed E-state index contributed by atoms with van der Waals surface area (Å²) in [5.41, 5.74) is 1.64. The number of aromatic amines is 1. The van der Waals surface area contributed by atoms with Crippen LogP contribution in [-0.4, -0.2) is 71.0 Å². The van der Waals surface area contributed by atoms with Crippen molar-refractivity contribution < 1.29 is 4.79 Å². The van der Waals surface area contributed by atoms with Crippen LogP contribution in [0.3, 0.4) is 0 Å². The number of likely N-dealkylation sites (tertiary alicyclic amines) is 1. The van der Waals surface area contributed by atoms with Crippen molar-refractivity contribution in [1.29, 1.82) is 0 Å². The second-order valence-corrected chi connectivity index (χ2v) is 9.27. The van der Waals surface area contributed by atoms with Crippen LogP contribution in [0.4, 0.5) is 5.82 Å². The number of anilines is 1. The highest BCUT2D eigenvalue weighted by Gasteiger charge is 2.27. The van der Waals surface area contributed by atoms with Gasteiger partial charge in [0.1, 0.15) is 11.5 Å². The monoisotopic (exact) mass is 395 g/mol. The fraction of sp³-hybridized carbons (Fsp3) is 0.652. The van der Waals surface area contributed by atoms with Gasteiger partial charge in [-0.2, -0.15) is 0 Å². The number of carbonyl (C=O) groups is 1. The van der Waals surface area contributed by atoms with E-state index in [2.05, 4.69) is 27.8 Å². The minimum Gasteiger partial charge on any atom is -0.354 e. The molecule has 2 aromatic rings. The lowest BCUT2D eigenvalue weighted by molar-refractivity contribution is 0.0678. The lowest BCUT2D eigenvalue weighted by Gasteiger charge is -2.38. The van der Waals surface area contributed by atoms with Crippen LogP contribution in [0, 0.1) is 5.92 Å². The van der Waals surface area contributed by atoms with Gasteiger partial charge in [0.2, 0.25) is 0 Å². The summed E-state index contributed by atoms with van der Waals surface area (Å²) in [4.78, 5) is 28.0. The number of piperazine rings is 1. The molecule has 2 aromatic heterocycles. The largest absolute Gasteiger partial charge is 0.354 e. The molecule has 1 unspecified atom stereocenters. The lowest BCUT2D eigenvalue weighted by atomic mass is 10.00. The molecular formula is C23H33N5O. The van der Waals surface area contributed by atoms with Crippen molar-refractivity contribution in [3.8, 4) is 0 Å². The number of hydrogen-bond acceptors (Lipinski definition) is 4. The van der Waals surface area contributed by atoms with Crippen LogP contribution in [0.25, 0.3) is 10.9 Å². The Morgan fingerprint density at radius 3 is 2.59 bits per heavy atom. The average Bonchev–Trinajstić information content (AvgIpc) is 3.43. The van der Waals surface area contributed by atoms with Crippen LogP contribution < -0.4 is 4.90 Å². The zero-order valence-corrected chi connectivity index (χ0v) is 17.6. The van der Waals surface area contributed by atoms with Gasteiger partial charge in [-0.25, -0.2) is 4.98 Å². The molecule has 0 aromatic carbocycles. The molecule has 5 rings (SSSR count). The molecule has 1 saturated carbocycles. The molecule has 1 N–H and O–H groups in total. The second-order valence-electron chi connectivity index (χ2n) is 9.27.